The van der Waals surface area contributed by atoms with Crippen LogP contribution in [0.4, 0.5) is 4.39 Å². The molecule has 11 N–H and O–H groups in total. The maximum absolute atomic E-state index is 15.1. The molecule has 498 valence electrons. The number of nitrogens with one attached hydrogen (secondary N) is 10. The smallest absolute Gasteiger partial charge is 0.246 e. The number of hydrogen-bond acceptors (Lipinski definition) is 14. The van der Waals surface area contributed by atoms with E-state index in [1.54, 1.807) is 85.2 Å². The molecule has 1 saturated heterocycles. The number of carbonyl (C=O) groups excluding carboxylic acids is 10. The van der Waals surface area contributed by atoms with Gasteiger partial charge >= 0.3 is 0 Å². The molecule has 0 aliphatic carbocycles. The number of methoxy groups -OCH3 is 1. The summed E-state index contributed by atoms with van der Waals surface area (Å²) in [4.78, 5) is 148. The Morgan fingerprint density at radius 2 is 1.30 bits per heavy atom. The average Bonchev–Trinajstić information content (AvgIpc) is 1.71. The van der Waals surface area contributed by atoms with Crippen LogP contribution >= 0.6 is 23.5 Å². The van der Waals surface area contributed by atoms with Gasteiger partial charge in [0.05, 0.1) is 13.2 Å². The van der Waals surface area contributed by atoms with E-state index in [1.165, 1.54) is 51.0 Å². The highest BCUT2D eigenvalue weighted by atomic mass is 32.2. The molecule has 8 rings (SSSR count). The topological polar surface area (TPSA) is 327 Å². The first-order chi connectivity index (χ1) is 44.6. The van der Waals surface area contributed by atoms with Gasteiger partial charge in [-0.2, -0.15) is 23.5 Å². The molecule has 0 radical (unpaired) electrons. The standard InChI is InChI=1S/C67H84FN11O12S2/c1-39-59(83)73-40(2)60(84)75-53-32-43-11-8-12-44(29-43)35-71-56(81)16-7-6-15-52(74-63(87)54(76-62(53)86)33-47-36-70-51-22-19-48(68)34-50(47)51)61(85)78-58(41(3)80)64(88)77-55(31-42-17-20-49(91-5)21-18-42)65(89)79-26-10-24-67(79,4)66(90)69-25-28-93-38-46-14-9-13-45(30-46)37-92-27-23-57(82)72-39/h8-9,11-14,17-22,29-30,34,36,39-41,52-55,58,70,80H,6-7,10,15-16,23-28,31-33,35,37-38H2,1-5H3,(H,69,90)(H,71,81)(H,72,82)(H,73,83)(H,74,87)(H,75,84)(H,76,86)(H,77,88)(H,78,85)/t39-,40+,41+,52-,53-,54-,55-,58-,67-/m0/s1. The summed E-state index contributed by atoms with van der Waals surface area (Å²) < 4.78 is 20.3. The van der Waals surface area contributed by atoms with Crippen LogP contribution in [0.2, 0.25) is 0 Å². The lowest BCUT2D eigenvalue weighted by atomic mass is 9.95. The number of H-pyrrole nitrogens is 1. The lowest BCUT2D eigenvalue weighted by Gasteiger charge is -2.37. The fraction of sp³-hybridized carbons (Fsp3) is 0.463. The Morgan fingerprint density at radius 1 is 0.645 bits per heavy atom. The number of aromatic nitrogens is 1. The minimum Gasteiger partial charge on any atom is -0.497 e. The molecule has 3 aliphatic rings. The number of rotatable bonds is 6. The van der Waals surface area contributed by atoms with E-state index < -0.39 is 101 Å². The zero-order valence-electron chi connectivity index (χ0n) is 53.0. The molecule has 26 heteroatoms. The molecule has 5 aromatic rings. The van der Waals surface area contributed by atoms with E-state index in [0.717, 1.165) is 11.1 Å². The maximum Gasteiger partial charge on any atom is 0.246 e. The number of amides is 10. The van der Waals surface area contributed by atoms with E-state index in [1.807, 2.05) is 18.2 Å². The zero-order chi connectivity index (χ0) is 66.8. The molecule has 3 aliphatic heterocycles. The van der Waals surface area contributed by atoms with E-state index in [0.29, 0.717) is 81.3 Å². The molecule has 1 fully saturated rings. The summed E-state index contributed by atoms with van der Waals surface area (Å²) in [7, 11) is 1.50. The first kappa shape index (κ1) is 70.4. The van der Waals surface area contributed by atoms with Crippen molar-refractivity contribution in [1.29, 1.82) is 0 Å². The Kier molecular flexibility index (Phi) is 25.3. The highest BCUT2D eigenvalue weighted by molar-refractivity contribution is 7.98. The molecule has 6 bridgehead atoms. The van der Waals surface area contributed by atoms with Crippen molar-refractivity contribution in [3.8, 4) is 5.75 Å². The molecule has 93 heavy (non-hydrogen) atoms. The number of hydrogen-bond donors (Lipinski definition) is 11. The summed E-state index contributed by atoms with van der Waals surface area (Å²) in [5.41, 5.74) is 3.48. The highest BCUT2D eigenvalue weighted by Gasteiger charge is 2.48. The van der Waals surface area contributed by atoms with Gasteiger partial charge in [0.1, 0.15) is 59.4 Å². The fourth-order valence-corrected chi connectivity index (χ4v) is 13.2. The van der Waals surface area contributed by atoms with Crippen molar-refractivity contribution in [2.24, 2.45) is 0 Å². The summed E-state index contributed by atoms with van der Waals surface area (Å²) >= 11 is 3.16. The quantitative estimate of drug-likeness (QED) is 0.116. The number of fused-ring (bicyclic) bond motifs is 12. The number of thioether (sulfide) groups is 2. The summed E-state index contributed by atoms with van der Waals surface area (Å²) in [6, 6.07) is 15.9. The molecule has 4 heterocycles. The second-order valence-electron chi connectivity index (χ2n) is 24.1. The van der Waals surface area contributed by atoms with Gasteiger partial charge in [0, 0.05) is 91.8 Å². The maximum atomic E-state index is 15.1. The Hall–Kier alpha value is -8.49. The Labute approximate surface area is 548 Å². The van der Waals surface area contributed by atoms with Gasteiger partial charge in [0.25, 0.3) is 0 Å². The van der Waals surface area contributed by atoms with Gasteiger partial charge in [0.15, 0.2) is 0 Å². The first-order valence-corrected chi connectivity index (χ1v) is 33.7. The van der Waals surface area contributed by atoms with Gasteiger partial charge in [-0.15, -0.1) is 0 Å². The summed E-state index contributed by atoms with van der Waals surface area (Å²) in [5.74, 6) is -4.67. The van der Waals surface area contributed by atoms with Crippen LogP contribution in [0, 0.1) is 5.82 Å². The molecule has 0 saturated carbocycles. The summed E-state index contributed by atoms with van der Waals surface area (Å²) in [6.07, 6.45) is 0.562. The van der Waals surface area contributed by atoms with Crippen molar-refractivity contribution in [2.75, 3.05) is 31.7 Å². The number of halogens is 1. The van der Waals surface area contributed by atoms with Crippen LogP contribution in [-0.4, -0.2) is 160 Å². The monoisotopic (exact) mass is 1320 g/mol. The van der Waals surface area contributed by atoms with E-state index in [9.17, 15) is 47.9 Å². The number of benzene rings is 4. The molecule has 10 amide bonds. The van der Waals surface area contributed by atoms with Gasteiger partial charge in [-0.25, -0.2) is 4.39 Å². The third-order valence-electron chi connectivity index (χ3n) is 16.8. The predicted molar refractivity (Wildman–Crippen MR) is 351 cm³/mol. The SMILES string of the molecule is COc1ccc(C[C@@H]2NC(=O)[C@H]([C@@H](C)O)NC(=O)[C@@H]3CCCCC(=O)NCc4cccc(c4)C[C@H](NC(=O)[C@@H](C)NC(=O)[C@H](C)NC(=O)CCSCc4cccc(c4)CSCCNC(=O)[C@]4(C)CCCN4C2=O)C(=O)N[C@@H](Cc2c[nH]c4ccc(F)cc24)C(=O)N3)cc1. The van der Waals surface area contributed by atoms with Crippen LogP contribution in [0.15, 0.2) is 97.2 Å². The van der Waals surface area contributed by atoms with Crippen LogP contribution in [0.25, 0.3) is 10.9 Å². The van der Waals surface area contributed by atoms with E-state index in [2.05, 4.69) is 58.9 Å². The van der Waals surface area contributed by atoms with Crippen LogP contribution in [0.3, 0.4) is 0 Å². The lowest BCUT2D eigenvalue weighted by Crippen LogP contribution is -2.63. The van der Waals surface area contributed by atoms with Crippen molar-refractivity contribution in [3.63, 3.8) is 0 Å². The van der Waals surface area contributed by atoms with E-state index in [-0.39, 0.29) is 82.2 Å². The second-order valence-corrected chi connectivity index (χ2v) is 26.3. The molecule has 0 spiro atoms. The lowest BCUT2D eigenvalue weighted by molar-refractivity contribution is -0.147. The van der Waals surface area contributed by atoms with E-state index in [4.69, 9.17) is 4.74 Å². The molecular weight excluding hydrogens is 1230 g/mol. The van der Waals surface area contributed by atoms with Crippen molar-refractivity contribution >= 4 is 93.5 Å². The fourth-order valence-electron chi connectivity index (χ4n) is 11.5. The van der Waals surface area contributed by atoms with Crippen molar-refractivity contribution in [1.82, 2.24) is 57.7 Å². The molecular formula is C67H84FN11O12S2. The zero-order valence-corrected chi connectivity index (χ0v) is 54.6. The van der Waals surface area contributed by atoms with Crippen LogP contribution in [-0.2, 0) is 85.3 Å². The summed E-state index contributed by atoms with van der Waals surface area (Å²) in [6.45, 7) is 6.40. The van der Waals surface area contributed by atoms with Crippen molar-refractivity contribution in [2.45, 2.75) is 164 Å². The van der Waals surface area contributed by atoms with Gasteiger partial charge in [0.2, 0.25) is 59.1 Å². The Morgan fingerprint density at radius 3 is 2.03 bits per heavy atom. The minimum atomic E-state index is -1.75. The van der Waals surface area contributed by atoms with Crippen molar-refractivity contribution in [3.05, 3.63) is 136 Å². The normalized spacial score (nSPS) is 25.2. The predicted octanol–water partition coefficient (Wildman–Crippen LogP) is 3.42. The Bertz CT molecular complexity index is 3520. The molecule has 0 unspecified atom stereocenters. The number of aromatic amines is 1. The Balaban J connectivity index is 1.13. The molecule has 23 nitrogen and oxygen atoms in total. The van der Waals surface area contributed by atoms with Crippen LogP contribution in [0.5, 0.6) is 5.75 Å². The van der Waals surface area contributed by atoms with Crippen LogP contribution < -0.4 is 52.6 Å². The molecule has 1 aromatic heterocycles. The molecule has 9 atom stereocenters. The van der Waals surface area contributed by atoms with Gasteiger partial charge in [-0.1, -0.05) is 67.1 Å². The third-order valence-corrected chi connectivity index (χ3v) is 18.9. The number of carbonyl (C=O) groups is 10. The largest absolute Gasteiger partial charge is 0.497 e. The van der Waals surface area contributed by atoms with Gasteiger partial charge < -0.3 is 67.6 Å². The number of ether oxygens (including phenoxy) is 1. The minimum absolute atomic E-state index is 0.0132. The van der Waals surface area contributed by atoms with Gasteiger partial charge in [-0.3, -0.25) is 47.9 Å². The van der Waals surface area contributed by atoms with Gasteiger partial charge in [-0.05, 0) is 117 Å². The first-order valence-electron chi connectivity index (χ1n) is 31.4. The third kappa shape index (κ3) is 19.8. The average molecular weight is 1320 g/mol. The number of nitrogens with zero attached hydrogens (tertiary/aromatic N) is 1. The second kappa shape index (κ2) is 33.4. The number of aliphatic hydroxyl groups is 1. The summed E-state index contributed by atoms with van der Waals surface area (Å²) in [5, 5.41) is 36.6. The van der Waals surface area contributed by atoms with Crippen LogP contribution in [0.1, 0.15) is 106 Å². The van der Waals surface area contributed by atoms with E-state index >= 15 is 9.59 Å². The molecule has 4 aromatic carbocycles. The van der Waals surface area contributed by atoms with Crippen molar-refractivity contribution < 1.29 is 62.2 Å². The number of aliphatic hydroxyl groups excluding tert-OH is 1. The highest BCUT2D eigenvalue weighted by Crippen LogP contribution is 2.31.